The largest absolute Gasteiger partial charge is 0.355 e. The van der Waals surface area contributed by atoms with E-state index in [1.54, 1.807) is 38.1 Å². The minimum atomic E-state index is -3.85. The lowest BCUT2D eigenvalue weighted by molar-refractivity contribution is -0.139. The van der Waals surface area contributed by atoms with Gasteiger partial charge in [-0.25, -0.2) is 8.42 Å². The minimum absolute atomic E-state index is 0.0661. The number of sulfonamides is 1. The minimum Gasteiger partial charge on any atom is -0.355 e. The fourth-order valence-corrected chi connectivity index (χ4v) is 4.34. The average Bonchev–Trinajstić information content (AvgIpc) is 2.71. The van der Waals surface area contributed by atoms with Crippen LogP contribution in [0.2, 0.25) is 15.1 Å². The van der Waals surface area contributed by atoms with Crippen molar-refractivity contribution in [1.82, 2.24) is 10.2 Å². The maximum absolute atomic E-state index is 13.3. The monoisotopic (exact) mass is 519 g/mol. The number of carbonyl (C=O) groups excluding carboxylic acids is 2. The first kappa shape index (κ1) is 26.3. The van der Waals surface area contributed by atoms with Crippen LogP contribution in [0.1, 0.15) is 19.4 Å². The highest BCUT2D eigenvalue weighted by Crippen LogP contribution is 2.28. The molecule has 2 aromatic rings. The second-order valence-corrected chi connectivity index (χ2v) is 10.2. The zero-order valence-corrected chi connectivity index (χ0v) is 20.9. The summed E-state index contributed by atoms with van der Waals surface area (Å²) in [6, 6.07) is 10.3. The molecule has 0 aliphatic rings. The van der Waals surface area contributed by atoms with Gasteiger partial charge in [0.15, 0.2) is 0 Å². The Morgan fingerprint density at radius 2 is 1.75 bits per heavy atom. The van der Waals surface area contributed by atoms with E-state index in [0.717, 1.165) is 10.6 Å². The standard InChI is InChI=1S/C21H24Cl3N3O4S/c1-4-25-21(29)14(2)26(12-15-6-5-7-16(22)10-15)20(28)13-27(32(3,30)31)17-8-9-18(23)19(24)11-17/h5-11,14H,4,12-13H2,1-3H3,(H,25,29)/t14-/m1/s1. The molecule has 1 N–H and O–H groups in total. The molecule has 7 nitrogen and oxygen atoms in total. The normalized spacial score (nSPS) is 12.2. The molecule has 2 aromatic carbocycles. The number of benzene rings is 2. The number of anilines is 1. The molecule has 2 amide bonds. The Morgan fingerprint density at radius 3 is 2.31 bits per heavy atom. The molecular formula is C21H24Cl3N3O4S. The summed E-state index contributed by atoms with van der Waals surface area (Å²) < 4.78 is 25.9. The van der Waals surface area contributed by atoms with Gasteiger partial charge in [0.05, 0.1) is 22.0 Å². The van der Waals surface area contributed by atoms with Crippen LogP contribution in [0.15, 0.2) is 42.5 Å². The van der Waals surface area contributed by atoms with Crippen LogP contribution in [-0.2, 0) is 26.2 Å². The van der Waals surface area contributed by atoms with Gasteiger partial charge >= 0.3 is 0 Å². The molecule has 0 bridgehead atoms. The molecule has 0 spiro atoms. The van der Waals surface area contributed by atoms with Crippen molar-refractivity contribution < 1.29 is 18.0 Å². The first-order chi connectivity index (χ1) is 14.9. The van der Waals surface area contributed by atoms with Crippen molar-refractivity contribution in [2.75, 3.05) is 23.7 Å². The van der Waals surface area contributed by atoms with Gasteiger partial charge < -0.3 is 10.2 Å². The van der Waals surface area contributed by atoms with Crippen molar-refractivity contribution in [3.63, 3.8) is 0 Å². The van der Waals surface area contributed by atoms with E-state index in [2.05, 4.69) is 5.32 Å². The molecule has 0 aliphatic heterocycles. The van der Waals surface area contributed by atoms with Crippen LogP contribution >= 0.6 is 34.8 Å². The zero-order chi connectivity index (χ0) is 24.1. The topological polar surface area (TPSA) is 86.8 Å². The van der Waals surface area contributed by atoms with Gasteiger partial charge in [0.1, 0.15) is 12.6 Å². The van der Waals surface area contributed by atoms with Crippen LogP contribution in [0.4, 0.5) is 5.69 Å². The molecule has 0 fully saturated rings. The highest BCUT2D eigenvalue weighted by molar-refractivity contribution is 7.92. The van der Waals surface area contributed by atoms with Crippen LogP contribution in [0.5, 0.6) is 0 Å². The van der Waals surface area contributed by atoms with Crippen molar-refractivity contribution in [2.45, 2.75) is 26.4 Å². The number of hydrogen-bond acceptors (Lipinski definition) is 4. The Bertz CT molecular complexity index is 1100. The Morgan fingerprint density at radius 1 is 1.06 bits per heavy atom. The van der Waals surface area contributed by atoms with Gasteiger partial charge in [0.2, 0.25) is 21.8 Å². The molecule has 0 unspecified atom stereocenters. The van der Waals surface area contributed by atoms with Crippen LogP contribution in [0.3, 0.4) is 0 Å². The fraction of sp³-hybridized carbons (Fsp3) is 0.333. The van der Waals surface area contributed by atoms with Crippen molar-refractivity contribution >= 4 is 62.3 Å². The number of rotatable bonds is 9. The first-order valence-corrected chi connectivity index (χ1v) is 12.7. The molecule has 32 heavy (non-hydrogen) atoms. The molecule has 0 radical (unpaired) electrons. The predicted molar refractivity (Wildman–Crippen MR) is 129 cm³/mol. The van der Waals surface area contributed by atoms with Crippen LogP contribution < -0.4 is 9.62 Å². The van der Waals surface area contributed by atoms with Gasteiger partial charge in [0.25, 0.3) is 0 Å². The van der Waals surface area contributed by atoms with Crippen molar-refractivity contribution in [2.24, 2.45) is 0 Å². The summed E-state index contributed by atoms with van der Waals surface area (Å²) in [7, 11) is -3.85. The van der Waals surface area contributed by atoms with Gasteiger partial charge in [-0.1, -0.05) is 46.9 Å². The molecule has 2 rings (SSSR count). The highest BCUT2D eigenvalue weighted by Gasteiger charge is 2.30. The van der Waals surface area contributed by atoms with Crippen LogP contribution in [0, 0.1) is 0 Å². The van der Waals surface area contributed by atoms with Crippen LogP contribution in [-0.4, -0.2) is 50.5 Å². The summed E-state index contributed by atoms with van der Waals surface area (Å²) in [6.45, 7) is 3.28. The Balaban J connectivity index is 2.40. The zero-order valence-electron chi connectivity index (χ0n) is 17.8. The quantitative estimate of drug-likeness (QED) is 0.542. The maximum Gasteiger partial charge on any atom is 0.244 e. The smallest absolute Gasteiger partial charge is 0.244 e. The van der Waals surface area contributed by atoms with Crippen molar-refractivity contribution in [3.05, 3.63) is 63.1 Å². The molecule has 11 heteroatoms. The third-order valence-electron chi connectivity index (χ3n) is 4.63. The van der Waals surface area contributed by atoms with E-state index in [1.807, 2.05) is 0 Å². The summed E-state index contributed by atoms with van der Waals surface area (Å²) >= 11 is 18.0. The molecule has 0 saturated heterocycles. The summed E-state index contributed by atoms with van der Waals surface area (Å²) in [5.74, 6) is -0.927. The molecule has 174 valence electrons. The van der Waals surface area contributed by atoms with E-state index in [9.17, 15) is 18.0 Å². The van der Waals surface area contributed by atoms with E-state index in [0.29, 0.717) is 17.1 Å². The maximum atomic E-state index is 13.3. The molecule has 0 aromatic heterocycles. The molecule has 1 atom stereocenters. The predicted octanol–water partition coefficient (Wildman–Crippen LogP) is 3.97. The third kappa shape index (κ3) is 7.00. The molecular weight excluding hydrogens is 497 g/mol. The third-order valence-corrected chi connectivity index (χ3v) is 6.75. The van der Waals surface area contributed by atoms with E-state index >= 15 is 0 Å². The first-order valence-electron chi connectivity index (χ1n) is 9.68. The number of amides is 2. The average molecular weight is 521 g/mol. The molecule has 0 saturated carbocycles. The van der Waals surface area contributed by atoms with Crippen LogP contribution in [0.25, 0.3) is 0 Å². The number of nitrogens with one attached hydrogen (secondary N) is 1. The lowest BCUT2D eigenvalue weighted by atomic mass is 10.1. The molecule has 0 heterocycles. The second kappa shape index (κ2) is 11.2. The number of halogens is 3. The second-order valence-electron chi connectivity index (χ2n) is 7.09. The van der Waals surface area contributed by atoms with E-state index in [1.165, 1.54) is 23.1 Å². The number of nitrogens with zero attached hydrogens (tertiary/aromatic N) is 2. The number of carbonyl (C=O) groups is 2. The Hall–Kier alpha value is -2.00. The van der Waals surface area contributed by atoms with Gasteiger partial charge in [-0.3, -0.25) is 13.9 Å². The van der Waals surface area contributed by atoms with E-state index < -0.39 is 28.5 Å². The number of hydrogen-bond donors (Lipinski definition) is 1. The lowest BCUT2D eigenvalue weighted by Crippen LogP contribution is -2.51. The van der Waals surface area contributed by atoms with Gasteiger partial charge in [0, 0.05) is 18.1 Å². The summed E-state index contributed by atoms with van der Waals surface area (Å²) in [5, 5.41) is 3.57. The van der Waals surface area contributed by atoms with Crippen molar-refractivity contribution in [3.8, 4) is 0 Å². The van der Waals surface area contributed by atoms with E-state index in [4.69, 9.17) is 34.8 Å². The fourth-order valence-electron chi connectivity index (χ4n) is 2.99. The summed E-state index contributed by atoms with van der Waals surface area (Å²) in [5.41, 5.74) is 0.881. The highest BCUT2D eigenvalue weighted by atomic mass is 35.5. The van der Waals surface area contributed by atoms with Gasteiger partial charge in [-0.05, 0) is 49.7 Å². The number of likely N-dealkylation sites (N-methyl/N-ethyl adjacent to an activating group) is 1. The summed E-state index contributed by atoms with van der Waals surface area (Å²) in [4.78, 5) is 27.1. The Kier molecular flexibility index (Phi) is 9.21. The Labute approximate surface area is 203 Å². The lowest BCUT2D eigenvalue weighted by Gasteiger charge is -2.31. The van der Waals surface area contributed by atoms with Gasteiger partial charge in [-0.15, -0.1) is 0 Å². The molecule has 0 aliphatic carbocycles. The van der Waals surface area contributed by atoms with Crippen molar-refractivity contribution in [1.29, 1.82) is 0 Å². The van der Waals surface area contributed by atoms with E-state index in [-0.39, 0.29) is 28.2 Å². The SMILES string of the molecule is CCNC(=O)[C@@H](C)N(Cc1cccc(Cl)c1)C(=O)CN(c1ccc(Cl)c(Cl)c1)S(C)(=O)=O. The summed E-state index contributed by atoms with van der Waals surface area (Å²) in [6.07, 6.45) is 0.983. The van der Waals surface area contributed by atoms with Gasteiger partial charge in [-0.2, -0.15) is 0 Å².